The van der Waals surface area contributed by atoms with Crippen LogP contribution in [0, 0.1) is 6.92 Å². The zero-order valence-corrected chi connectivity index (χ0v) is 24.8. The number of imidazole rings is 1. The maximum Gasteiger partial charge on any atom is 0.337 e. The van der Waals surface area contributed by atoms with Crippen molar-refractivity contribution >= 4 is 17.4 Å². The lowest BCUT2D eigenvalue weighted by Gasteiger charge is -2.27. The number of aromatic nitrogens is 4. The number of ether oxygens (including phenoxy) is 1. The van der Waals surface area contributed by atoms with E-state index in [1.807, 2.05) is 54.3 Å². The van der Waals surface area contributed by atoms with E-state index in [-0.39, 0.29) is 23.0 Å². The van der Waals surface area contributed by atoms with Gasteiger partial charge in [-0.05, 0) is 67.1 Å². The molecular formula is C33H33N7O4. The second kappa shape index (κ2) is 12.1. The molecule has 0 atom stereocenters. The van der Waals surface area contributed by atoms with E-state index in [0.29, 0.717) is 41.5 Å². The van der Waals surface area contributed by atoms with Crippen LogP contribution in [0.4, 0.5) is 11.5 Å². The number of piperazine rings is 1. The third kappa shape index (κ3) is 5.52. The lowest BCUT2D eigenvalue weighted by Crippen LogP contribution is -2.46. The molecule has 0 bridgehead atoms. The fourth-order valence-corrected chi connectivity index (χ4v) is 5.36. The Hall–Kier alpha value is -5.42. The highest BCUT2D eigenvalue weighted by Gasteiger charge is 2.19. The number of methoxy groups -OCH3 is 1. The topological polar surface area (TPSA) is 115 Å². The van der Waals surface area contributed by atoms with Crippen molar-refractivity contribution in [1.82, 2.24) is 28.9 Å². The number of hydrogen-bond acceptors (Lipinski definition) is 7. The van der Waals surface area contributed by atoms with Crippen LogP contribution < -0.4 is 26.6 Å². The molecule has 3 aromatic carbocycles. The van der Waals surface area contributed by atoms with Crippen LogP contribution in [-0.2, 0) is 7.05 Å². The second-order valence-electron chi connectivity index (χ2n) is 10.6. The van der Waals surface area contributed by atoms with Crippen molar-refractivity contribution in [3.8, 4) is 28.4 Å². The third-order valence-corrected chi connectivity index (χ3v) is 7.84. The van der Waals surface area contributed by atoms with Crippen molar-refractivity contribution in [1.29, 1.82) is 0 Å². The lowest BCUT2D eigenvalue weighted by molar-refractivity contribution is 0.0736. The first kappa shape index (κ1) is 28.7. The molecule has 11 heteroatoms. The first-order valence-electron chi connectivity index (χ1n) is 14.3. The van der Waals surface area contributed by atoms with Gasteiger partial charge in [-0.25, -0.2) is 9.78 Å². The van der Waals surface area contributed by atoms with Crippen molar-refractivity contribution in [2.24, 2.45) is 7.05 Å². The molecule has 224 valence electrons. The summed E-state index contributed by atoms with van der Waals surface area (Å²) in [6.45, 7) is 4.85. The number of carbonyl (C=O) groups is 1. The van der Waals surface area contributed by atoms with Crippen molar-refractivity contribution in [3.05, 3.63) is 117 Å². The highest BCUT2D eigenvalue weighted by Crippen LogP contribution is 2.27. The standard InChI is InChI=1S/C33H33N7O4/c1-22-27(5-4-6-29(22)40-20-19-39(33(40)43)25-11-13-26(44-3)14-12-25)28-21-37(2)32(42)30(36-28)35-24-9-7-23(8-10-24)31(41)38-17-15-34-16-18-38/h4-14,19-21,34H,15-18H2,1-3H3,(H,35,36). The maximum atomic E-state index is 13.4. The second-order valence-corrected chi connectivity index (χ2v) is 10.6. The van der Waals surface area contributed by atoms with Crippen molar-refractivity contribution in [2.45, 2.75) is 6.92 Å². The monoisotopic (exact) mass is 591 g/mol. The van der Waals surface area contributed by atoms with Crippen molar-refractivity contribution < 1.29 is 9.53 Å². The summed E-state index contributed by atoms with van der Waals surface area (Å²) in [5.74, 6) is 0.850. The summed E-state index contributed by atoms with van der Waals surface area (Å²) in [4.78, 5) is 45.8. The van der Waals surface area contributed by atoms with Gasteiger partial charge in [0.1, 0.15) is 5.75 Å². The van der Waals surface area contributed by atoms with Crippen LogP contribution >= 0.6 is 0 Å². The van der Waals surface area contributed by atoms with E-state index in [2.05, 4.69) is 15.6 Å². The SMILES string of the molecule is COc1ccc(-n2ccn(-c3cccc(-c4cn(C)c(=O)c(Nc5ccc(C(=O)N6CCNCC6)cc5)n4)c3C)c2=O)cc1. The van der Waals surface area contributed by atoms with Gasteiger partial charge in [0, 0.05) is 68.6 Å². The summed E-state index contributed by atoms with van der Waals surface area (Å²) < 4.78 is 9.87. The molecule has 1 aliphatic rings. The molecule has 0 spiro atoms. The Bertz CT molecular complexity index is 1930. The Balaban J connectivity index is 1.28. The maximum absolute atomic E-state index is 13.4. The van der Waals surface area contributed by atoms with E-state index in [9.17, 15) is 14.4 Å². The van der Waals surface area contributed by atoms with Gasteiger partial charge in [-0.3, -0.25) is 18.7 Å². The zero-order valence-electron chi connectivity index (χ0n) is 24.8. The largest absolute Gasteiger partial charge is 0.497 e. The summed E-state index contributed by atoms with van der Waals surface area (Å²) in [5, 5.41) is 6.38. The Labute approximate surface area is 254 Å². The lowest BCUT2D eigenvalue weighted by atomic mass is 10.0. The molecule has 1 fully saturated rings. The van der Waals surface area contributed by atoms with Gasteiger partial charge in [0.2, 0.25) is 0 Å². The normalized spacial score (nSPS) is 13.1. The first-order valence-corrected chi connectivity index (χ1v) is 14.3. The highest BCUT2D eigenvalue weighted by atomic mass is 16.5. The van der Waals surface area contributed by atoms with Crippen LogP contribution in [0.2, 0.25) is 0 Å². The van der Waals surface area contributed by atoms with Crippen LogP contribution in [0.25, 0.3) is 22.6 Å². The predicted octanol–water partition coefficient (Wildman–Crippen LogP) is 3.49. The van der Waals surface area contributed by atoms with Crippen LogP contribution in [0.3, 0.4) is 0 Å². The van der Waals surface area contributed by atoms with Gasteiger partial charge in [-0.15, -0.1) is 0 Å². The van der Waals surface area contributed by atoms with Gasteiger partial charge >= 0.3 is 5.69 Å². The third-order valence-electron chi connectivity index (χ3n) is 7.84. The number of aryl methyl sites for hydroxylation is 1. The van der Waals surface area contributed by atoms with Gasteiger partial charge in [-0.2, -0.15) is 0 Å². The smallest absolute Gasteiger partial charge is 0.337 e. The predicted molar refractivity (Wildman–Crippen MR) is 170 cm³/mol. The Morgan fingerprint density at radius 2 is 1.64 bits per heavy atom. The average Bonchev–Trinajstić information content (AvgIpc) is 3.44. The van der Waals surface area contributed by atoms with Crippen molar-refractivity contribution in [2.75, 3.05) is 38.6 Å². The number of hydrogen-bond donors (Lipinski definition) is 2. The molecule has 2 N–H and O–H groups in total. The van der Waals surface area contributed by atoms with E-state index >= 15 is 0 Å². The van der Waals surface area contributed by atoms with Gasteiger partial charge in [-0.1, -0.05) is 12.1 Å². The average molecular weight is 592 g/mol. The molecule has 11 nitrogen and oxygen atoms in total. The molecule has 44 heavy (non-hydrogen) atoms. The van der Waals surface area contributed by atoms with Crippen LogP contribution in [0.5, 0.6) is 5.75 Å². The number of amides is 1. The number of nitrogens with zero attached hydrogens (tertiary/aromatic N) is 5. The molecule has 1 saturated heterocycles. The van der Waals surface area contributed by atoms with Gasteiger partial charge in [0.05, 0.1) is 24.2 Å². The Kier molecular flexibility index (Phi) is 7.86. The molecule has 0 radical (unpaired) electrons. The molecule has 0 saturated carbocycles. The minimum absolute atomic E-state index is 0.0112. The molecule has 0 aliphatic carbocycles. The summed E-state index contributed by atoms with van der Waals surface area (Å²) in [5.41, 5.74) is 4.33. The molecule has 3 heterocycles. The van der Waals surface area contributed by atoms with Crippen LogP contribution in [0.1, 0.15) is 15.9 Å². The van der Waals surface area contributed by atoms with E-state index in [1.165, 1.54) is 4.57 Å². The molecular weight excluding hydrogens is 558 g/mol. The number of benzene rings is 3. The Morgan fingerprint density at radius 3 is 2.34 bits per heavy atom. The number of nitrogens with one attached hydrogen (secondary N) is 2. The van der Waals surface area contributed by atoms with Gasteiger partial charge < -0.3 is 24.8 Å². The van der Waals surface area contributed by atoms with E-state index in [1.54, 1.807) is 66.1 Å². The number of anilines is 2. The van der Waals surface area contributed by atoms with Crippen LogP contribution in [0.15, 0.2) is 94.9 Å². The number of rotatable bonds is 7. The first-order chi connectivity index (χ1) is 21.3. The number of carbonyl (C=O) groups excluding carboxylic acids is 1. The van der Waals surface area contributed by atoms with E-state index in [4.69, 9.17) is 4.74 Å². The van der Waals surface area contributed by atoms with Gasteiger partial charge in [0.15, 0.2) is 5.82 Å². The van der Waals surface area contributed by atoms with E-state index < -0.39 is 0 Å². The summed E-state index contributed by atoms with van der Waals surface area (Å²) >= 11 is 0. The molecule has 6 rings (SSSR count). The van der Waals surface area contributed by atoms with E-state index in [0.717, 1.165) is 29.9 Å². The van der Waals surface area contributed by atoms with Crippen LogP contribution in [-0.4, -0.2) is 62.8 Å². The summed E-state index contributed by atoms with van der Waals surface area (Å²) in [6.07, 6.45) is 5.14. The summed E-state index contributed by atoms with van der Waals surface area (Å²) in [6, 6.07) is 20.0. The minimum atomic E-state index is -0.295. The molecule has 1 amide bonds. The van der Waals surface area contributed by atoms with Gasteiger partial charge in [0.25, 0.3) is 11.5 Å². The summed E-state index contributed by atoms with van der Waals surface area (Å²) in [7, 11) is 3.27. The molecule has 0 unspecified atom stereocenters. The molecule has 2 aromatic heterocycles. The molecule has 5 aromatic rings. The molecule has 1 aliphatic heterocycles. The minimum Gasteiger partial charge on any atom is -0.497 e. The van der Waals surface area contributed by atoms with Crippen molar-refractivity contribution in [3.63, 3.8) is 0 Å². The Morgan fingerprint density at radius 1 is 0.932 bits per heavy atom. The highest BCUT2D eigenvalue weighted by molar-refractivity contribution is 5.94. The fraction of sp³-hybridized carbons (Fsp3) is 0.212. The fourth-order valence-electron chi connectivity index (χ4n) is 5.36. The zero-order chi connectivity index (χ0) is 30.8. The quantitative estimate of drug-likeness (QED) is 0.298.